The maximum Gasteiger partial charge on any atom is 0.305 e. The van der Waals surface area contributed by atoms with E-state index in [1.807, 2.05) is 35.2 Å². The minimum atomic E-state index is -0.887. The molecule has 3 nitrogen and oxygen atoms in total. The van der Waals surface area contributed by atoms with Crippen molar-refractivity contribution in [3.8, 4) is 0 Å². The summed E-state index contributed by atoms with van der Waals surface area (Å²) in [6, 6.07) is 13.7. The molecule has 0 heterocycles. The fourth-order valence-corrected chi connectivity index (χ4v) is 2.23. The molecule has 21 heavy (non-hydrogen) atoms. The lowest BCUT2D eigenvalue weighted by molar-refractivity contribution is -0.136. The number of carboxylic acid groups (broad SMARTS) is 1. The first kappa shape index (κ1) is 15.3. The smallest absolute Gasteiger partial charge is 0.305 e. The minimum absolute atomic E-state index is 0.0168. The lowest BCUT2D eigenvalue weighted by atomic mass is 10.1. The number of aliphatic carboxylic acids is 1. The van der Waals surface area contributed by atoms with E-state index in [1.54, 1.807) is 6.07 Å². The average molecular weight is 308 g/mol. The van der Waals surface area contributed by atoms with Gasteiger partial charge in [0, 0.05) is 29.4 Å². The van der Waals surface area contributed by atoms with Crippen LogP contribution < -0.4 is 4.90 Å². The van der Waals surface area contributed by atoms with Gasteiger partial charge in [0.25, 0.3) is 0 Å². The minimum Gasteiger partial charge on any atom is -0.481 e. The van der Waals surface area contributed by atoms with E-state index in [2.05, 4.69) is 0 Å². The van der Waals surface area contributed by atoms with Crippen molar-refractivity contribution in [2.24, 2.45) is 0 Å². The van der Waals surface area contributed by atoms with Crippen molar-refractivity contribution in [1.82, 2.24) is 0 Å². The predicted octanol–water partition coefficient (Wildman–Crippen LogP) is 3.96. The summed E-state index contributed by atoms with van der Waals surface area (Å²) < 4.78 is 13.8. The third-order valence-electron chi connectivity index (χ3n) is 3.09. The summed E-state index contributed by atoms with van der Waals surface area (Å²) >= 11 is 5.89. The molecular formula is C16H15ClFNO2. The zero-order chi connectivity index (χ0) is 15.2. The summed E-state index contributed by atoms with van der Waals surface area (Å²) in [5.74, 6) is -1.24. The van der Waals surface area contributed by atoms with Gasteiger partial charge in [-0.25, -0.2) is 4.39 Å². The highest BCUT2D eigenvalue weighted by Crippen LogP contribution is 2.21. The van der Waals surface area contributed by atoms with Gasteiger partial charge in [-0.05, 0) is 30.3 Å². The molecule has 110 valence electrons. The Balaban J connectivity index is 2.23. The maximum atomic E-state index is 13.8. The van der Waals surface area contributed by atoms with E-state index in [9.17, 15) is 9.18 Å². The summed E-state index contributed by atoms with van der Waals surface area (Å²) in [5, 5.41) is 9.31. The lowest BCUT2D eigenvalue weighted by Crippen LogP contribution is -2.26. The number of hydrogen-bond donors (Lipinski definition) is 1. The summed E-state index contributed by atoms with van der Waals surface area (Å²) in [4.78, 5) is 12.6. The molecule has 0 amide bonds. The van der Waals surface area contributed by atoms with Crippen molar-refractivity contribution in [3.05, 3.63) is 64.9 Å². The fraction of sp³-hybridized carbons (Fsp3) is 0.188. The van der Waals surface area contributed by atoms with E-state index in [0.717, 1.165) is 5.69 Å². The van der Waals surface area contributed by atoms with Crippen LogP contribution in [0.4, 0.5) is 10.1 Å². The number of rotatable bonds is 6. The second-order valence-electron chi connectivity index (χ2n) is 4.64. The molecule has 0 aromatic heterocycles. The Morgan fingerprint density at radius 3 is 2.57 bits per heavy atom. The van der Waals surface area contributed by atoms with Crippen molar-refractivity contribution in [2.45, 2.75) is 13.0 Å². The number of carbonyl (C=O) groups is 1. The Hall–Kier alpha value is -2.07. The highest BCUT2D eigenvalue weighted by molar-refractivity contribution is 6.30. The first-order chi connectivity index (χ1) is 10.1. The third-order valence-corrected chi connectivity index (χ3v) is 3.32. The second-order valence-corrected chi connectivity index (χ2v) is 5.07. The molecule has 2 aromatic rings. The quantitative estimate of drug-likeness (QED) is 0.878. The second kappa shape index (κ2) is 7.09. The van der Waals surface area contributed by atoms with Crippen molar-refractivity contribution in [3.63, 3.8) is 0 Å². The van der Waals surface area contributed by atoms with Crippen LogP contribution in [0.3, 0.4) is 0 Å². The van der Waals surface area contributed by atoms with Gasteiger partial charge < -0.3 is 10.0 Å². The zero-order valence-electron chi connectivity index (χ0n) is 11.3. The molecule has 0 bridgehead atoms. The van der Waals surface area contributed by atoms with E-state index in [1.165, 1.54) is 12.1 Å². The monoisotopic (exact) mass is 307 g/mol. The molecular weight excluding hydrogens is 293 g/mol. The summed E-state index contributed by atoms with van der Waals surface area (Å²) in [5.41, 5.74) is 1.29. The SMILES string of the molecule is O=C(O)CCN(Cc1cc(Cl)ccc1F)c1ccccc1. The van der Waals surface area contributed by atoms with Gasteiger partial charge in [0.15, 0.2) is 0 Å². The van der Waals surface area contributed by atoms with Crippen LogP contribution in [0.5, 0.6) is 0 Å². The van der Waals surface area contributed by atoms with Crippen LogP contribution in [0.2, 0.25) is 5.02 Å². The number of halogens is 2. The Morgan fingerprint density at radius 2 is 1.90 bits per heavy atom. The Morgan fingerprint density at radius 1 is 1.19 bits per heavy atom. The zero-order valence-corrected chi connectivity index (χ0v) is 12.1. The van der Waals surface area contributed by atoms with Crippen molar-refractivity contribution >= 4 is 23.3 Å². The molecule has 0 fully saturated rings. The summed E-state index contributed by atoms with van der Waals surface area (Å²) in [7, 11) is 0. The number of carboxylic acids is 1. The van der Waals surface area contributed by atoms with E-state index in [0.29, 0.717) is 17.1 Å². The van der Waals surface area contributed by atoms with Crippen molar-refractivity contribution in [2.75, 3.05) is 11.4 Å². The summed E-state index contributed by atoms with van der Waals surface area (Å²) in [6.07, 6.45) is -0.0168. The van der Waals surface area contributed by atoms with Gasteiger partial charge in [0.2, 0.25) is 0 Å². The van der Waals surface area contributed by atoms with Gasteiger partial charge in [-0.1, -0.05) is 29.8 Å². The molecule has 0 unspecified atom stereocenters. The molecule has 2 aromatic carbocycles. The van der Waals surface area contributed by atoms with Crippen LogP contribution in [-0.2, 0) is 11.3 Å². The molecule has 0 spiro atoms. The number of benzene rings is 2. The normalized spacial score (nSPS) is 10.4. The maximum absolute atomic E-state index is 13.8. The van der Waals surface area contributed by atoms with Gasteiger partial charge in [-0.2, -0.15) is 0 Å². The van der Waals surface area contributed by atoms with Crippen molar-refractivity contribution < 1.29 is 14.3 Å². The molecule has 0 saturated carbocycles. The largest absolute Gasteiger partial charge is 0.481 e. The van der Waals surface area contributed by atoms with Crippen LogP contribution in [0.25, 0.3) is 0 Å². The number of hydrogen-bond acceptors (Lipinski definition) is 2. The first-order valence-corrected chi connectivity index (χ1v) is 6.90. The van der Waals surface area contributed by atoms with Crippen LogP contribution in [0.15, 0.2) is 48.5 Å². The Kier molecular flexibility index (Phi) is 5.17. The van der Waals surface area contributed by atoms with Crippen LogP contribution >= 0.6 is 11.6 Å². The summed E-state index contributed by atoms with van der Waals surface area (Å²) in [6.45, 7) is 0.564. The number of nitrogens with zero attached hydrogens (tertiary/aromatic N) is 1. The first-order valence-electron chi connectivity index (χ1n) is 6.52. The average Bonchev–Trinajstić information content (AvgIpc) is 2.47. The molecule has 5 heteroatoms. The molecule has 0 atom stereocenters. The highest BCUT2D eigenvalue weighted by Gasteiger charge is 2.12. The molecule has 1 N–H and O–H groups in total. The van der Waals surface area contributed by atoms with E-state index in [4.69, 9.17) is 16.7 Å². The fourth-order valence-electron chi connectivity index (χ4n) is 2.04. The molecule has 0 saturated heterocycles. The van der Waals surface area contributed by atoms with Gasteiger partial charge in [0.05, 0.1) is 6.42 Å². The highest BCUT2D eigenvalue weighted by atomic mass is 35.5. The number of anilines is 1. The molecule has 2 rings (SSSR count). The topological polar surface area (TPSA) is 40.5 Å². The van der Waals surface area contributed by atoms with E-state index in [-0.39, 0.29) is 18.8 Å². The van der Waals surface area contributed by atoms with Crippen molar-refractivity contribution in [1.29, 1.82) is 0 Å². The van der Waals surface area contributed by atoms with E-state index < -0.39 is 5.97 Å². The molecule has 0 radical (unpaired) electrons. The van der Waals surface area contributed by atoms with Crippen LogP contribution in [0, 0.1) is 5.82 Å². The van der Waals surface area contributed by atoms with Gasteiger partial charge in [-0.3, -0.25) is 4.79 Å². The van der Waals surface area contributed by atoms with Gasteiger partial charge in [0.1, 0.15) is 5.82 Å². The number of para-hydroxylation sites is 1. The van der Waals surface area contributed by atoms with E-state index >= 15 is 0 Å². The predicted molar refractivity (Wildman–Crippen MR) is 81.2 cm³/mol. The van der Waals surface area contributed by atoms with Crippen LogP contribution in [0.1, 0.15) is 12.0 Å². The van der Waals surface area contributed by atoms with Crippen LogP contribution in [-0.4, -0.2) is 17.6 Å². The van der Waals surface area contributed by atoms with Gasteiger partial charge >= 0.3 is 5.97 Å². The Labute approximate surface area is 127 Å². The van der Waals surface area contributed by atoms with Gasteiger partial charge in [-0.15, -0.1) is 0 Å². The Bertz CT molecular complexity index is 619. The third kappa shape index (κ3) is 4.46. The lowest BCUT2D eigenvalue weighted by Gasteiger charge is -2.24. The molecule has 0 aliphatic carbocycles. The standard InChI is InChI=1S/C16H15ClFNO2/c17-13-6-7-15(18)12(10-13)11-19(9-8-16(20)21)14-4-2-1-3-5-14/h1-7,10H,8-9,11H2,(H,20,21). The molecule has 0 aliphatic rings. The molecule has 0 aliphatic heterocycles.